The Morgan fingerprint density at radius 2 is 1.72 bits per heavy atom. The molecule has 90 valence electrons. The molecule has 2 aromatic rings. The van der Waals surface area contributed by atoms with Crippen molar-refractivity contribution >= 4 is 5.69 Å². The van der Waals surface area contributed by atoms with Gasteiger partial charge < -0.3 is 15.2 Å². The number of benzene rings is 2. The normalized spacial score (nSPS) is 9.56. The van der Waals surface area contributed by atoms with Crippen molar-refractivity contribution in [2.24, 2.45) is 0 Å². The fraction of sp³-hybridized carbons (Fsp3) is 0.0714. The Morgan fingerprint density at radius 1 is 1.06 bits per heavy atom. The molecule has 4 heteroatoms. The van der Waals surface area contributed by atoms with Crippen LogP contribution in [0.3, 0.4) is 0 Å². The zero-order chi connectivity index (χ0) is 13.0. The Morgan fingerprint density at radius 3 is 2.28 bits per heavy atom. The van der Waals surface area contributed by atoms with Crippen molar-refractivity contribution in [2.45, 2.75) is 0 Å². The van der Waals surface area contributed by atoms with Crippen LogP contribution >= 0.6 is 0 Å². The predicted molar refractivity (Wildman–Crippen MR) is 68.6 cm³/mol. The molecule has 0 atom stereocenters. The van der Waals surface area contributed by atoms with Gasteiger partial charge in [-0.1, -0.05) is 0 Å². The van der Waals surface area contributed by atoms with Crippen molar-refractivity contribution in [1.82, 2.24) is 0 Å². The lowest BCUT2D eigenvalue weighted by molar-refractivity contribution is 0.413. The molecule has 0 amide bonds. The van der Waals surface area contributed by atoms with Crippen LogP contribution in [-0.4, -0.2) is 7.11 Å². The van der Waals surface area contributed by atoms with Crippen LogP contribution in [0.1, 0.15) is 5.56 Å². The highest BCUT2D eigenvalue weighted by atomic mass is 16.5. The third kappa shape index (κ3) is 2.53. The van der Waals surface area contributed by atoms with E-state index in [0.29, 0.717) is 28.5 Å². The third-order valence-corrected chi connectivity index (χ3v) is 2.43. The third-order valence-electron chi connectivity index (χ3n) is 2.43. The second-order valence-electron chi connectivity index (χ2n) is 3.64. The first-order chi connectivity index (χ1) is 8.72. The van der Waals surface area contributed by atoms with Crippen molar-refractivity contribution in [2.75, 3.05) is 12.8 Å². The zero-order valence-corrected chi connectivity index (χ0v) is 9.88. The Labute approximate surface area is 105 Å². The molecule has 0 saturated heterocycles. The summed E-state index contributed by atoms with van der Waals surface area (Å²) in [5.41, 5.74) is 6.93. The van der Waals surface area contributed by atoms with Gasteiger partial charge in [0.1, 0.15) is 11.5 Å². The number of ether oxygens (including phenoxy) is 2. The highest BCUT2D eigenvalue weighted by molar-refractivity contribution is 5.57. The van der Waals surface area contributed by atoms with Gasteiger partial charge in [0.05, 0.1) is 24.4 Å². The molecule has 2 N–H and O–H groups in total. The Hall–Kier alpha value is -2.67. The molecule has 0 aliphatic rings. The quantitative estimate of drug-likeness (QED) is 0.837. The standard InChI is InChI=1S/C14H12N2O2/c1-17-12-6-7-14(13(16)8-12)18-11-4-2-10(9-15)3-5-11/h2-8H,16H2,1H3. The highest BCUT2D eigenvalue weighted by Gasteiger charge is 2.04. The van der Waals surface area contributed by atoms with Gasteiger partial charge in [-0.05, 0) is 36.4 Å². The van der Waals surface area contributed by atoms with Crippen molar-refractivity contribution in [3.63, 3.8) is 0 Å². The van der Waals surface area contributed by atoms with E-state index in [1.54, 1.807) is 49.6 Å². The fourth-order valence-corrected chi connectivity index (χ4v) is 1.47. The number of nitrogens with two attached hydrogens (primary N) is 1. The van der Waals surface area contributed by atoms with Crippen LogP contribution in [0.15, 0.2) is 42.5 Å². The summed E-state index contributed by atoms with van der Waals surface area (Å²) in [4.78, 5) is 0. The molecule has 0 spiro atoms. The number of nitrogen functional groups attached to an aromatic ring is 1. The second-order valence-corrected chi connectivity index (χ2v) is 3.64. The van der Waals surface area contributed by atoms with Gasteiger partial charge >= 0.3 is 0 Å². The minimum absolute atomic E-state index is 0.499. The van der Waals surface area contributed by atoms with Gasteiger partial charge in [-0.25, -0.2) is 0 Å². The lowest BCUT2D eigenvalue weighted by Crippen LogP contribution is -1.93. The van der Waals surface area contributed by atoms with Gasteiger partial charge in [-0.2, -0.15) is 5.26 Å². The Bertz CT molecular complexity index is 586. The van der Waals surface area contributed by atoms with Crippen LogP contribution < -0.4 is 15.2 Å². The molecule has 2 rings (SSSR count). The summed E-state index contributed by atoms with van der Waals surface area (Å²) >= 11 is 0. The Kier molecular flexibility index (Phi) is 3.35. The highest BCUT2D eigenvalue weighted by Crippen LogP contribution is 2.30. The van der Waals surface area contributed by atoms with Crippen LogP contribution in [0.4, 0.5) is 5.69 Å². The molecule has 4 nitrogen and oxygen atoms in total. The SMILES string of the molecule is COc1ccc(Oc2ccc(C#N)cc2)c(N)c1. The number of hydrogen-bond donors (Lipinski definition) is 1. The van der Waals surface area contributed by atoms with Crippen LogP contribution in [-0.2, 0) is 0 Å². The summed E-state index contributed by atoms with van der Waals surface area (Å²) in [6, 6.07) is 14.1. The molecule has 0 radical (unpaired) electrons. The molecule has 0 aliphatic heterocycles. The molecular weight excluding hydrogens is 228 g/mol. The van der Waals surface area contributed by atoms with Gasteiger partial charge in [0.25, 0.3) is 0 Å². The van der Waals surface area contributed by atoms with E-state index in [0.717, 1.165) is 0 Å². The maximum absolute atomic E-state index is 8.70. The molecule has 0 aliphatic carbocycles. The molecule has 0 aromatic heterocycles. The van der Waals surface area contributed by atoms with Gasteiger partial charge in [0.2, 0.25) is 0 Å². The fourth-order valence-electron chi connectivity index (χ4n) is 1.47. The summed E-state index contributed by atoms with van der Waals surface area (Å²) in [7, 11) is 1.58. The predicted octanol–water partition coefficient (Wildman–Crippen LogP) is 2.94. The number of hydrogen-bond acceptors (Lipinski definition) is 4. The number of rotatable bonds is 3. The largest absolute Gasteiger partial charge is 0.497 e. The van der Waals surface area contributed by atoms with E-state index in [9.17, 15) is 0 Å². The van der Waals surface area contributed by atoms with Crippen molar-refractivity contribution < 1.29 is 9.47 Å². The zero-order valence-electron chi connectivity index (χ0n) is 9.88. The van der Waals surface area contributed by atoms with Crippen molar-refractivity contribution in [3.05, 3.63) is 48.0 Å². The van der Waals surface area contributed by atoms with Gasteiger partial charge in [-0.15, -0.1) is 0 Å². The van der Waals surface area contributed by atoms with Crippen LogP contribution in [0.5, 0.6) is 17.2 Å². The van der Waals surface area contributed by atoms with Crippen molar-refractivity contribution in [1.29, 1.82) is 5.26 Å². The topological polar surface area (TPSA) is 68.3 Å². The number of nitrogens with zero attached hydrogens (tertiary/aromatic N) is 1. The van der Waals surface area contributed by atoms with Gasteiger partial charge in [0.15, 0.2) is 5.75 Å². The van der Waals surface area contributed by atoms with Crippen LogP contribution in [0.25, 0.3) is 0 Å². The molecular formula is C14H12N2O2. The first-order valence-electron chi connectivity index (χ1n) is 5.34. The molecule has 0 unspecified atom stereocenters. The van der Waals surface area contributed by atoms with Crippen molar-refractivity contribution in [3.8, 4) is 23.3 Å². The first-order valence-corrected chi connectivity index (χ1v) is 5.34. The molecule has 0 bridgehead atoms. The van der Waals surface area contributed by atoms with E-state index in [-0.39, 0.29) is 0 Å². The smallest absolute Gasteiger partial charge is 0.150 e. The number of nitriles is 1. The summed E-state index contributed by atoms with van der Waals surface area (Å²) in [6.45, 7) is 0. The van der Waals surface area contributed by atoms with E-state index in [1.165, 1.54) is 0 Å². The summed E-state index contributed by atoms with van der Waals surface area (Å²) in [6.07, 6.45) is 0. The van der Waals surface area contributed by atoms with Gasteiger partial charge in [-0.3, -0.25) is 0 Å². The van der Waals surface area contributed by atoms with Crippen LogP contribution in [0, 0.1) is 11.3 Å². The monoisotopic (exact) mass is 240 g/mol. The average molecular weight is 240 g/mol. The second kappa shape index (κ2) is 5.11. The van der Waals surface area contributed by atoms with E-state index in [4.69, 9.17) is 20.5 Å². The number of methoxy groups -OCH3 is 1. The minimum atomic E-state index is 0.499. The van der Waals surface area contributed by atoms with Gasteiger partial charge in [0, 0.05) is 6.07 Å². The maximum Gasteiger partial charge on any atom is 0.150 e. The molecule has 0 fully saturated rings. The van der Waals surface area contributed by atoms with E-state index < -0.39 is 0 Å². The first kappa shape index (κ1) is 11.8. The lowest BCUT2D eigenvalue weighted by Gasteiger charge is -2.09. The summed E-state index contributed by atoms with van der Waals surface area (Å²) in [5.74, 6) is 1.87. The molecule has 0 heterocycles. The van der Waals surface area contributed by atoms with E-state index in [2.05, 4.69) is 0 Å². The van der Waals surface area contributed by atoms with E-state index >= 15 is 0 Å². The summed E-state index contributed by atoms with van der Waals surface area (Å²) in [5, 5.41) is 8.70. The Balaban J connectivity index is 2.20. The summed E-state index contributed by atoms with van der Waals surface area (Å²) < 4.78 is 10.7. The lowest BCUT2D eigenvalue weighted by atomic mass is 10.2. The number of anilines is 1. The van der Waals surface area contributed by atoms with E-state index in [1.807, 2.05) is 6.07 Å². The molecule has 2 aromatic carbocycles. The minimum Gasteiger partial charge on any atom is -0.497 e. The maximum atomic E-state index is 8.70. The van der Waals surface area contributed by atoms with Crippen LogP contribution in [0.2, 0.25) is 0 Å². The molecule has 0 saturated carbocycles. The average Bonchev–Trinajstić information content (AvgIpc) is 2.42. The molecule has 18 heavy (non-hydrogen) atoms.